The summed E-state index contributed by atoms with van der Waals surface area (Å²) in [5.74, 6) is 0. The molecule has 0 saturated carbocycles. The summed E-state index contributed by atoms with van der Waals surface area (Å²) in [5, 5.41) is 19.2. The van der Waals surface area contributed by atoms with Gasteiger partial charge in [-0.05, 0) is 11.1 Å². The van der Waals surface area contributed by atoms with Gasteiger partial charge in [0.25, 0.3) is 0 Å². The average Bonchev–Trinajstić information content (AvgIpc) is 2.23. The molecule has 0 heterocycles. The monoisotopic (exact) mass is 188 g/mol. The highest BCUT2D eigenvalue weighted by Crippen LogP contribution is 2.23. The van der Waals surface area contributed by atoms with Crippen LogP contribution >= 0.6 is 0 Å². The van der Waals surface area contributed by atoms with Crippen LogP contribution in [0.1, 0.15) is 5.56 Å². The molecule has 0 bridgehead atoms. The summed E-state index contributed by atoms with van der Waals surface area (Å²) in [7, 11) is 0. The van der Waals surface area contributed by atoms with E-state index in [9.17, 15) is 10.2 Å². The Morgan fingerprint density at radius 2 is 1.71 bits per heavy atom. The third-order valence-electron chi connectivity index (χ3n) is 2.33. The summed E-state index contributed by atoms with van der Waals surface area (Å²) in [6, 6.07) is 9.58. The molecule has 2 N–H and O–H groups in total. The Kier molecular flexibility index (Phi) is 2.48. The minimum absolute atomic E-state index is 0.764. The van der Waals surface area contributed by atoms with E-state index in [1.807, 2.05) is 36.4 Å². The Hall–Kier alpha value is -1.38. The molecule has 2 heteroatoms. The molecular weight excluding hydrogens is 176 g/mol. The van der Waals surface area contributed by atoms with Crippen molar-refractivity contribution in [1.82, 2.24) is 0 Å². The summed E-state index contributed by atoms with van der Waals surface area (Å²) < 4.78 is 0. The lowest BCUT2D eigenvalue weighted by atomic mass is 9.93. The molecule has 1 aromatic carbocycles. The summed E-state index contributed by atoms with van der Waals surface area (Å²) in [5.41, 5.74) is 1.71. The molecular formula is C12H12O2. The Labute approximate surface area is 82.8 Å². The van der Waals surface area contributed by atoms with Crippen LogP contribution in [0.4, 0.5) is 0 Å². The number of allylic oxidation sites excluding steroid dienone is 2. The molecule has 0 aliphatic heterocycles. The van der Waals surface area contributed by atoms with Crippen molar-refractivity contribution in [2.75, 3.05) is 0 Å². The number of rotatable bonds is 1. The zero-order chi connectivity index (χ0) is 9.97. The molecule has 2 atom stereocenters. The van der Waals surface area contributed by atoms with E-state index in [1.165, 1.54) is 0 Å². The normalized spacial score (nSPS) is 26.0. The summed E-state index contributed by atoms with van der Waals surface area (Å²) in [6.07, 6.45) is 3.56. The summed E-state index contributed by atoms with van der Waals surface area (Å²) in [4.78, 5) is 0. The van der Waals surface area contributed by atoms with Crippen LogP contribution in [-0.2, 0) is 0 Å². The molecule has 0 unspecified atom stereocenters. The highest BCUT2D eigenvalue weighted by Gasteiger charge is 2.21. The highest BCUT2D eigenvalue weighted by molar-refractivity contribution is 5.72. The van der Waals surface area contributed by atoms with Crippen LogP contribution < -0.4 is 0 Å². The van der Waals surface area contributed by atoms with Gasteiger partial charge in [0.15, 0.2) is 0 Å². The Balaban J connectivity index is 2.35. The molecule has 72 valence electrons. The average molecular weight is 188 g/mol. The molecule has 0 amide bonds. The first-order chi connectivity index (χ1) is 6.79. The van der Waals surface area contributed by atoms with Crippen molar-refractivity contribution in [2.45, 2.75) is 12.2 Å². The molecule has 0 aromatic heterocycles. The van der Waals surface area contributed by atoms with Crippen LogP contribution in [-0.4, -0.2) is 22.4 Å². The second kappa shape index (κ2) is 3.78. The highest BCUT2D eigenvalue weighted by atomic mass is 16.3. The lowest BCUT2D eigenvalue weighted by Crippen LogP contribution is -2.26. The van der Waals surface area contributed by atoms with E-state index in [0.29, 0.717) is 0 Å². The zero-order valence-corrected chi connectivity index (χ0v) is 7.67. The minimum Gasteiger partial charge on any atom is -0.386 e. The fourth-order valence-electron chi connectivity index (χ4n) is 1.56. The molecule has 0 spiro atoms. The number of aliphatic hydroxyl groups excluding tert-OH is 2. The Bertz CT molecular complexity index is 365. The predicted octanol–water partition coefficient (Wildman–Crippen LogP) is 1.36. The Morgan fingerprint density at radius 3 is 2.43 bits per heavy atom. The SMILES string of the molecule is O[C@@H]1C(c2ccccc2)=CC=C[C@@H]1O. The maximum Gasteiger partial charge on any atom is 0.109 e. The number of hydrogen-bond acceptors (Lipinski definition) is 2. The summed E-state index contributed by atoms with van der Waals surface area (Å²) >= 11 is 0. The van der Waals surface area contributed by atoms with Gasteiger partial charge in [0.2, 0.25) is 0 Å². The molecule has 2 nitrogen and oxygen atoms in total. The van der Waals surface area contributed by atoms with E-state index in [1.54, 1.807) is 12.2 Å². The van der Waals surface area contributed by atoms with Gasteiger partial charge < -0.3 is 10.2 Å². The fraction of sp³-hybridized carbons (Fsp3) is 0.167. The van der Waals surface area contributed by atoms with Crippen molar-refractivity contribution < 1.29 is 10.2 Å². The maximum absolute atomic E-state index is 9.72. The topological polar surface area (TPSA) is 40.5 Å². The molecule has 0 fully saturated rings. The molecule has 0 saturated heterocycles. The maximum atomic E-state index is 9.72. The van der Waals surface area contributed by atoms with Crippen molar-refractivity contribution in [3.8, 4) is 0 Å². The van der Waals surface area contributed by atoms with Gasteiger partial charge in [0.05, 0.1) is 0 Å². The van der Waals surface area contributed by atoms with Gasteiger partial charge in [-0.15, -0.1) is 0 Å². The molecule has 1 aliphatic carbocycles. The van der Waals surface area contributed by atoms with E-state index in [4.69, 9.17) is 0 Å². The number of aliphatic hydroxyl groups is 2. The van der Waals surface area contributed by atoms with Crippen LogP contribution in [0.3, 0.4) is 0 Å². The van der Waals surface area contributed by atoms with E-state index in [2.05, 4.69) is 0 Å². The molecule has 1 aliphatic rings. The van der Waals surface area contributed by atoms with Crippen molar-refractivity contribution in [1.29, 1.82) is 0 Å². The van der Waals surface area contributed by atoms with Gasteiger partial charge in [0, 0.05) is 0 Å². The molecule has 14 heavy (non-hydrogen) atoms. The van der Waals surface area contributed by atoms with E-state index in [0.717, 1.165) is 11.1 Å². The number of benzene rings is 1. The van der Waals surface area contributed by atoms with Crippen LogP contribution in [0.2, 0.25) is 0 Å². The lowest BCUT2D eigenvalue weighted by Gasteiger charge is -2.21. The molecule has 2 rings (SSSR count). The third kappa shape index (κ3) is 1.62. The van der Waals surface area contributed by atoms with Crippen LogP contribution in [0.15, 0.2) is 48.6 Å². The quantitative estimate of drug-likeness (QED) is 0.698. The first-order valence-corrected chi connectivity index (χ1v) is 4.59. The third-order valence-corrected chi connectivity index (χ3v) is 2.33. The smallest absolute Gasteiger partial charge is 0.109 e. The standard InChI is InChI=1S/C12H12O2/c13-11-8-4-7-10(12(11)14)9-5-2-1-3-6-9/h1-8,11-14H/t11-,12+/m0/s1. The van der Waals surface area contributed by atoms with Crippen molar-refractivity contribution in [3.63, 3.8) is 0 Å². The van der Waals surface area contributed by atoms with Gasteiger partial charge in [-0.3, -0.25) is 0 Å². The fourth-order valence-corrected chi connectivity index (χ4v) is 1.56. The van der Waals surface area contributed by atoms with E-state index >= 15 is 0 Å². The van der Waals surface area contributed by atoms with Crippen molar-refractivity contribution in [2.24, 2.45) is 0 Å². The van der Waals surface area contributed by atoms with Crippen molar-refractivity contribution >= 4 is 5.57 Å². The first kappa shape index (κ1) is 9.19. The van der Waals surface area contributed by atoms with Gasteiger partial charge in [0.1, 0.15) is 12.2 Å². The van der Waals surface area contributed by atoms with Gasteiger partial charge in [-0.2, -0.15) is 0 Å². The van der Waals surface area contributed by atoms with E-state index < -0.39 is 12.2 Å². The van der Waals surface area contributed by atoms with Crippen LogP contribution in [0, 0.1) is 0 Å². The second-order valence-electron chi connectivity index (χ2n) is 3.31. The van der Waals surface area contributed by atoms with Gasteiger partial charge in [-0.25, -0.2) is 0 Å². The summed E-state index contributed by atoms with van der Waals surface area (Å²) in [6.45, 7) is 0. The lowest BCUT2D eigenvalue weighted by molar-refractivity contribution is 0.0859. The second-order valence-corrected chi connectivity index (χ2v) is 3.31. The van der Waals surface area contributed by atoms with E-state index in [-0.39, 0.29) is 0 Å². The van der Waals surface area contributed by atoms with Crippen LogP contribution in [0.25, 0.3) is 5.57 Å². The molecule has 1 aromatic rings. The van der Waals surface area contributed by atoms with Gasteiger partial charge in [-0.1, -0.05) is 48.6 Å². The predicted molar refractivity (Wildman–Crippen MR) is 55.6 cm³/mol. The Morgan fingerprint density at radius 1 is 1.00 bits per heavy atom. The zero-order valence-electron chi connectivity index (χ0n) is 7.67. The largest absolute Gasteiger partial charge is 0.386 e. The minimum atomic E-state index is -0.817. The molecule has 0 radical (unpaired) electrons. The number of hydrogen-bond donors (Lipinski definition) is 2. The van der Waals surface area contributed by atoms with Crippen LogP contribution in [0.5, 0.6) is 0 Å². The first-order valence-electron chi connectivity index (χ1n) is 4.59. The van der Waals surface area contributed by atoms with Crippen molar-refractivity contribution in [3.05, 3.63) is 54.1 Å². The van der Waals surface area contributed by atoms with Gasteiger partial charge >= 0.3 is 0 Å².